The summed E-state index contributed by atoms with van der Waals surface area (Å²) in [6.45, 7) is 4.03. The molecule has 0 bridgehead atoms. The highest BCUT2D eigenvalue weighted by Gasteiger charge is 2.14. The van der Waals surface area contributed by atoms with Gasteiger partial charge in [-0.25, -0.2) is 0 Å². The average molecular weight is 368 g/mol. The van der Waals surface area contributed by atoms with Crippen LogP contribution >= 0.6 is 11.8 Å². The first kappa shape index (κ1) is 18.6. The maximum Gasteiger partial charge on any atom is 0.191 e. The Balaban J connectivity index is 1.55. The van der Waals surface area contributed by atoms with Crippen molar-refractivity contribution in [3.8, 4) is 0 Å². The SMILES string of the molecule is C[C@H](CN(C)Cc1nnc(SCc2ccncc2)n1C)c1ccccc1. The van der Waals surface area contributed by atoms with E-state index < -0.39 is 0 Å². The first-order valence-electron chi connectivity index (χ1n) is 8.77. The van der Waals surface area contributed by atoms with Crippen molar-refractivity contribution in [3.05, 3.63) is 71.8 Å². The van der Waals surface area contributed by atoms with Gasteiger partial charge in [0, 0.05) is 31.7 Å². The summed E-state index contributed by atoms with van der Waals surface area (Å²) < 4.78 is 2.09. The molecule has 0 unspecified atom stereocenters. The molecular weight excluding hydrogens is 342 g/mol. The normalized spacial score (nSPS) is 12.5. The molecule has 0 spiro atoms. The minimum atomic E-state index is 0.481. The molecule has 26 heavy (non-hydrogen) atoms. The van der Waals surface area contributed by atoms with Gasteiger partial charge in [-0.3, -0.25) is 9.88 Å². The van der Waals surface area contributed by atoms with E-state index in [1.54, 1.807) is 11.8 Å². The average Bonchev–Trinajstić information content (AvgIpc) is 3.01. The van der Waals surface area contributed by atoms with Gasteiger partial charge in [-0.15, -0.1) is 10.2 Å². The van der Waals surface area contributed by atoms with Crippen LogP contribution in [0.15, 0.2) is 60.0 Å². The Morgan fingerprint density at radius 2 is 1.81 bits per heavy atom. The van der Waals surface area contributed by atoms with E-state index in [1.807, 2.05) is 31.6 Å². The number of rotatable bonds is 8. The summed E-state index contributed by atoms with van der Waals surface area (Å²) >= 11 is 1.70. The van der Waals surface area contributed by atoms with Crippen molar-refractivity contribution in [1.82, 2.24) is 24.6 Å². The quantitative estimate of drug-likeness (QED) is 0.568. The van der Waals surface area contributed by atoms with Crippen LogP contribution in [-0.2, 0) is 19.3 Å². The van der Waals surface area contributed by atoms with Gasteiger partial charge >= 0.3 is 0 Å². The van der Waals surface area contributed by atoms with Gasteiger partial charge in [-0.1, -0.05) is 49.0 Å². The molecule has 6 heteroatoms. The molecule has 0 saturated carbocycles. The molecule has 0 radical (unpaired) electrons. The Morgan fingerprint density at radius 1 is 1.08 bits per heavy atom. The minimum Gasteiger partial charge on any atom is -0.308 e. The standard InChI is InChI=1S/C20H25N5S/c1-16(18-7-5-4-6-8-18)13-24(2)14-19-22-23-20(25(19)3)26-15-17-9-11-21-12-10-17/h4-12,16H,13-15H2,1-3H3/t16-/m1/s1. The second kappa shape index (κ2) is 8.96. The number of pyridine rings is 1. The third kappa shape index (κ3) is 4.93. The van der Waals surface area contributed by atoms with Crippen molar-refractivity contribution in [1.29, 1.82) is 0 Å². The van der Waals surface area contributed by atoms with E-state index in [2.05, 4.69) is 69.0 Å². The van der Waals surface area contributed by atoms with Gasteiger partial charge in [-0.05, 0) is 36.2 Å². The third-order valence-electron chi connectivity index (χ3n) is 4.41. The molecule has 3 aromatic rings. The summed E-state index contributed by atoms with van der Waals surface area (Å²) in [5, 5.41) is 9.69. The van der Waals surface area contributed by atoms with Crippen molar-refractivity contribution in [2.24, 2.45) is 7.05 Å². The molecule has 0 aliphatic heterocycles. The monoisotopic (exact) mass is 367 g/mol. The summed E-state index contributed by atoms with van der Waals surface area (Å²) in [6, 6.07) is 14.7. The number of likely N-dealkylation sites (N-methyl/N-ethyl adjacent to an activating group) is 1. The molecule has 0 amide bonds. The first-order chi connectivity index (χ1) is 12.6. The van der Waals surface area contributed by atoms with Crippen LogP contribution < -0.4 is 0 Å². The number of thioether (sulfide) groups is 1. The molecule has 0 N–H and O–H groups in total. The minimum absolute atomic E-state index is 0.481. The van der Waals surface area contributed by atoms with Crippen LogP contribution in [0.5, 0.6) is 0 Å². The molecule has 136 valence electrons. The number of aromatic nitrogens is 4. The van der Waals surface area contributed by atoms with Crippen LogP contribution in [0.1, 0.15) is 29.8 Å². The van der Waals surface area contributed by atoms with Crippen LogP contribution in [0.4, 0.5) is 0 Å². The van der Waals surface area contributed by atoms with Crippen LogP contribution in [-0.4, -0.2) is 38.2 Å². The lowest BCUT2D eigenvalue weighted by Gasteiger charge is -2.21. The van der Waals surface area contributed by atoms with Gasteiger partial charge in [0.1, 0.15) is 5.82 Å². The Morgan fingerprint density at radius 3 is 2.54 bits per heavy atom. The third-order valence-corrected chi connectivity index (χ3v) is 5.50. The molecule has 2 aromatic heterocycles. The Kier molecular flexibility index (Phi) is 6.41. The first-order valence-corrected chi connectivity index (χ1v) is 9.75. The summed E-state index contributed by atoms with van der Waals surface area (Å²) in [6.07, 6.45) is 3.64. The predicted octanol–water partition coefficient (Wildman–Crippen LogP) is 3.74. The van der Waals surface area contributed by atoms with Crippen LogP contribution in [0.2, 0.25) is 0 Å². The fourth-order valence-electron chi connectivity index (χ4n) is 2.90. The lowest BCUT2D eigenvalue weighted by molar-refractivity contribution is 0.298. The molecule has 0 aliphatic carbocycles. The van der Waals surface area contributed by atoms with Gasteiger partial charge in [-0.2, -0.15) is 0 Å². The maximum atomic E-state index is 4.39. The van der Waals surface area contributed by atoms with Crippen molar-refractivity contribution < 1.29 is 0 Å². The van der Waals surface area contributed by atoms with E-state index in [-0.39, 0.29) is 0 Å². The van der Waals surface area contributed by atoms with Gasteiger partial charge in [0.25, 0.3) is 0 Å². The fourth-order valence-corrected chi connectivity index (χ4v) is 3.78. The number of benzene rings is 1. The Hall–Kier alpha value is -2.18. The van der Waals surface area contributed by atoms with E-state index >= 15 is 0 Å². The lowest BCUT2D eigenvalue weighted by atomic mass is 10.0. The van der Waals surface area contributed by atoms with Crippen molar-refractivity contribution in [3.63, 3.8) is 0 Å². The molecule has 2 heterocycles. The van der Waals surface area contributed by atoms with Crippen LogP contribution in [0.25, 0.3) is 0 Å². The molecule has 0 aliphatic rings. The van der Waals surface area contributed by atoms with Crippen molar-refractivity contribution in [2.45, 2.75) is 30.3 Å². The highest BCUT2D eigenvalue weighted by Crippen LogP contribution is 2.21. The second-order valence-electron chi connectivity index (χ2n) is 6.61. The maximum absolute atomic E-state index is 4.39. The van der Waals surface area contributed by atoms with Gasteiger partial charge < -0.3 is 4.57 Å². The number of nitrogens with zero attached hydrogens (tertiary/aromatic N) is 5. The van der Waals surface area contributed by atoms with Gasteiger partial charge in [0.15, 0.2) is 5.16 Å². The summed E-state index contributed by atoms with van der Waals surface area (Å²) in [5.41, 5.74) is 2.61. The summed E-state index contributed by atoms with van der Waals surface area (Å²) in [4.78, 5) is 6.36. The van der Waals surface area contributed by atoms with Crippen molar-refractivity contribution >= 4 is 11.8 Å². The lowest BCUT2D eigenvalue weighted by Crippen LogP contribution is -2.24. The zero-order valence-electron chi connectivity index (χ0n) is 15.5. The van der Waals surface area contributed by atoms with E-state index in [0.717, 1.165) is 29.8 Å². The summed E-state index contributed by atoms with van der Waals surface area (Å²) in [7, 11) is 4.18. The van der Waals surface area contributed by atoms with Gasteiger partial charge in [0.2, 0.25) is 0 Å². The highest BCUT2D eigenvalue weighted by atomic mass is 32.2. The number of hydrogen-bond acceptors (Lipinski definition) is 5. The Labute approximate surface area is 159 Å². The number of hydrogen-bond donors (Lipinski definition) is 0. The molecule has 0 fully saturated rings. The Bertz CT molecular complexity index is 804. The summed E-state index contributed by atoms with van der Waals surface area (Å²) in [5.74, 6) is 2.34. The fraction of sp³-hybridized carbons (Fsp3) is 0.350. The van der Waals surface area contributed by atoms with E-state index in [4.69, 9.17) is 0 Å². The molecule has 5 nitrogen and oxygen atoms in total. The van der Waals surface area contributed by atoms with E-state index in [1.165, 1.54) is 11.1 Å². The second-order valence-corrected chi connectivity index (χ2v) is 7.55. The van der Waals surface area contributed by atoms with Gasteiger partial charge in [0.05, 0.1) is 6.54 Å². The predicted molar refractivity (Wildman–Crippen MR) is 106 cm³/mol. The smallest absolute Gasteiger partial charge is 0.191 e. The highest BCUT2D eigenvalue weighted by molar-refractivity contribution is 7.98. The zero-order chi connectivity index (χ0) is 18.4. The molecule has 0 saturated heterocycles. The largest absolute Gasteiger partial charge is 0.308 e. The topological polar surface area (TPSA) is 46.8 Å². The van der Waals surface area contributed by atoms with Crippen molar-refractivity contribution in [2.75, 3.05) is 13.6 Å². The molecule has 3 rings (SSSR count). The van der Waals surface area contributed by atoms with E-state index in [9.17, 15) is 0 Å². The molecule has 1 aromatic carbocycles. The molecule has 1 atom stereocenters. The van der Waals surface area contributed by atoms with E-state index in [0.29, 0.717) is 5.92 Å². The molecular formula is C20H25N5S. The zero-order valence-corrected chi connectivity index (χ0v) is 16.4. The van der Waals surface area contributed by atoms with Crippen LogP contribution in [0.3, 0.4) is 0 Å². The van der Waals surface area contributed by atoms with Crippen LogP contribution in [0, 0.1) is 0 Å².